The monoisotopic (exact) mass is 284 g/mol. The van der Waals surface area contributed by atoms with Crippen molar-refractivity contribution in [1.82, 2.24) is 0 Å². The number of hydrogen-bond acceptors (Lipinski definition) is 6. The van der Waals surface area contributed by atoms with Gasteiger partial charge in [-0.2, -0.15) is 0 Å². The van der Waals surface area contributed by atoms with Crippen LogP contribution in [-0.2, 0) is 23.1 Å². The normalized spacial score (nSPS) is 13.4. The Morgan fingerprint density at radius 3 is 2.47 bits per heavy atom. The predicted molar refractivity (Wildman–Crippen MR) is 68.5 cm³/mol. The van der Waals surface area contributed by atoms with Crippen LogP contribution in [-0.4, -0.2) is 46.2 Å². The first-order valence-corrected chi connectivity index (χ1v) is 8.85. The van der Waals surface area contributed by atoms with Crippen LogP contribution < -0.4 is 0 Å². The molecule has 0 saturated carbocycles. The fourth-order valence-electron chi connectivity index (χ4n) is 0.856. The van der Waals surface area contributed by atoms with E-state index in [-0.39, 0.29) is 37.5 Å². The van der Waals surface area contributed by atoms with Gasteiger partial charge in [-0.05, 0) is 23.5 Å². The van der Waals surface area contributed by atoms with Gasteiger partial charge in [-0.15, -0.1) is 0 Å². The molecule has 1 unspecified atom stereocenters. The molecule has 0 rings (SSSR count). The zero-order chi connectivity index (χ0) is 13.3. The summed E-state index contributed by atoms with van der Waals surface area (Å²) in [6.45, 7) is 4.24. The second-order valence-electron chi connectivity index (χ2n) is 3.52. The molecule has 0 saturated heterocycles. The first-order valence-electron chi connectivity index (χ1n) is 5.45. The van der Waals surface area contributed by atoms with Gasteiger partial charge >= 0.3 is 5.97 Å². The summed E-state index contributed by atoms with van der Waals surface area (Å²) in [7, 11) is -2.25. The van der Waals surface area contributed by atoms with Crippen molar-refractivity contribution in [2.24, 2.45) is 5.92 Å². The van der Waals surface area contributed by atoms with Crippen molar-refractivity contribution in [2.45, 2.75) is 20.3 Å². The van der Waals surface area contributed by atoms with Crippen LogP contribution in [0.2, 0.25) is 0 Å². The van der Waals surface area contributed by atoms with Crippen molar-refractivity contribution in [3.05, 3.63) is 0 Å². The third-order valence-electron chi connectivity index (χ3n) is 2.22. The molecule has 0 fully saturated rings. The van der Waals surface area contributed by atoms with Crippen LogP contribution in [0, 0.1) is 5.92 Å². The SMILES string of the molecule is CCC(C)C(=O)OCCOCCS(=O)(=O)SC. The van der Waals surface area contributed by atoms with E-state index < -0.39 is 8.87 Å². The lowest BCUT2D eigenvalue weighted by atomic mass is 10.1. The molecule has 0 heterocycles. The highest BCUT2D eigenvalue weighted by molar-refractivity contribution is 8.71. The van der Waals surface area contributed by atoms with E-state index in [1.807, 2.05) is 6.92 Å². The Labute approximate surface area is 107 Å². The molecule has 102 valence electrons. The largest absolute Gasteiger partial charge is 0.463 e. The average molecular weight is 284 g/mol. The Balaban J connectivity index is 3.51. The van der Waals surface area contributed by atoms with Crippen molar-refractivity contribution < 1.29 is 22.7 Å². The molecule has 17 heavy (non-hydrogen) atoms. The number of esters is 1. The molecular weight excluding hydrogens is 264 g/mol. The van der Waals surface area contributed by atoms with Crippen molar-refractivity contribution in [3.63, 3.8) is 0 Å². The van der Waals surface area contributed by atoms with Crippen molar-refractivity contribution in [1.29, 1.82) is 0 Å². The lowest BCUT2D eigenvalue weighted by Gasteiger charge is -2.09. The lowest BCUT2D eigenvalue weighted by Crippen LogP contribution is -2.18. The molecule has 0 aliphatic heterocycles. The summed E-state index contributed by atoms with van der Waals surface area (Å²) in [6, 6.07) is 0. The first kappa shape index (κ1) is 16.7. The Bertz CT molecular complexity index is 313. The number of carbonyl (C=O) groups is 1. The van der Waals surface area contributed by atoms with Crippen LogP contribution in [0.4, 0.5) is 0 Å². The molecule has 0 radical (unpaired) electrons. The van der Waals surface area contributed by atoms with Crippen LogP contribution in [0.1, 0.15) is 20.3 Å². The average Bonchev–Trinajstić information content (AvgIpc) is 2.32. The highest BCUT2D eigenvalue weighted by Crippen LogP contribution is 2.07. The van der Waals surface area contributed by atoms with Gasteiger partial charge in [0.05, 0.1) is 24.9 Å². The third kappa shape index (κ3) is 8.45. The predicted octanol–water partition coefficient (Wildman–Crippen LogP) is 1.29. The van der Waals surface area contributed by atoms with Crippen LogP contribution in [0.25, 0.3) is 0 Å². The molecule has 0 spiro atoms. The van der Waals surface area contributed by atoms with Crippen LogP contribution in [0.15, 0.2) is 0 Å². The summed E-state index contributed by atoms with van der Waals surface area (Å²) in [4.78, 5) is 11.2. The maximum absolute atomic E-state index is 11.2. The van der Waals surface area contributed by atoms with Crippen LogP contribution in [0.5, 0.6) is 0 Å². The van der Waals surface area contributed by atoms with E-state index in [1.165, 1.54) is 6.26 Å². The van der Waals surface area contributed by atoms with Gasteiger partial charge in [-0.3, -0.25) is 4.79 Å². The summed E-state index contributed by atoms with van der Waals surface area (Å²) in [5.41, 5.74) is 0. The van der Waals surface area contributed by atoms with Crippen molar-refractivity contribution in [3.8, 4) is 0 Å². The van der Waals surface area contributed by atoms with E-state index in [4.69, 9.17) is 9.47 Å². The topological polar surface area (TPSA) is 69.7 Å². The minimum atomic E-state index is -3.06. The number of carbonyl (C=O) groups excluding carboxylic acids is 1. The summed E-state index contributed by atoms with van der Waals surface area (Å²) in [5.74, 6) is -0.368. The Morgan fingerprint density at radius 2 is 1.94 bits per heavy atom. The fraction of sp³-hybridized carbons (Fsp3) is 0.900. The maximum Gasteiger partial charge on any atom is 0.308 e. The second kappa shape index (κ2) is 8.77. The molecule has 0 aromatic carbocycles. The lowest BCUT2D eigenvalue weighted by molar-refractivity contribution is -0.149. The van der Waals surface area contributed by atoms with Gasteiger partial charge in [-0.25, -0.2) is 8.42 Å². The minimum Gasteiger partial charge on any atom is -0.463 e. The standard InChI is InChI=1S/C10H20O5S2/c1-4-9(2)10(11)15-6-5-14-7-8-17(12,13)16-3/h9H,4-8H2,1-3H3. The van der Waals surface area contributed by atoms with Crippen LogP contribution >= 0.6 is 10.8 Å². The summed E-state index contributed by atoms with van der Waals surface area (Å²) >= 11 is 0. The Hall–Kier alpha value is -0.270. The molecule has 0 aromatic rings. The van der Waals surface area contributed by atoms with Crippen molar-refractivity contribution in [2.75, 3.05) is 31.8 Å². The van der Waals surface area contributed by atoms with E-state index in [1.54, 1.807) is 6.92 Å². The van der Waals surface area contributed by atoms with E-state index in [2.05, 4.69) is 0 Å². The molecule has 0 aromatic heterocycles. The number of rotatable bonds is 9. The Kier molecular flexibility index (Phi) is 8.63. The van der Waals surface area contributed by atoms with Gasteiger partial charge in [0.1, 0.15) is 6.61 Å². The van der Waals surface area contributed by atoms with E-state index in [9.17, 15) is 13.2 Å². The molecule has 0 bridgehead atoms. The fourth-order valence-corrected chi connectivity index (χ4v) is 2.05. The van der Waals surface area contributed by atoms with Gasteiger partial charge in [0.15, 0.2) is 0 Å². The summed E-state index contributed by atoms with van der Waals surface area (Å²) < 4.78 is 32.1. The molecule has 5 nitrogen and oxygen atoms in total. The van der Waals surface area contributed by atoms with E-state index >= 15 is 0 Å². The van der Waals surface area contributed by atoms with Gasteiger partial charge in [0.2, 0.25) is 8.87 Å². The zero-order valence-electron chi connectivity index (χ0n) is 10.5. The maximum atomic E-state index is 11.2. The molecule has 1 atom stereocenters. The molecule has 0 aliphatic carbocycles. The number of ether oxygens (including phenoxy) is 2. The zero-order valence-corrected chi connectivity index (χ0v) is 12.1. The van der Waals surface area contributed by atoms with Gasteiger partial charge in [-0.1, -0.05) is 13.8 Å². The highest BCUT2D eigenvalue weighted by Gasteiger charge is 2.11. The molecule has 0 aliphatic rings. The second-order valence-corrected chi connectivity index (χ2v) is 7.90. The van der Waals surface area contributed by atoms with Crippen LogP contribution in [0.3, 0.4) is 0 Å². The first-order chi connectivity index (χ1) is 7.93. The van der Waals surface area contributed by atoms with E-state index in [0.29, 0.717) is 0 Å². The van der Waals surface area contributed by atoms with Gasteiger partial charge in [0, 0.05) is 0 Å². The van der Waals surface area contributed by atoms with Gasteiger partial charge in [0.25, 0.3) is 0 Å². The van der Waals surface area contributed by atoms with Crippen molar-refractivity contribution >= 4 is 25.6 Å². The quantitative estimate of drug-likeness (QED) is 0.361. The van der Waals surface area contributed by atoms with E-state index in [0.717, 1.165) is 17.2 Å². The Morgan fingerprint density at radius 1 is 1.29 bits per heavy atom. The summed E-state index contributed by atoms with van der Waals surface area (Å²) in [6.07, 6.45) is 2.26. The highest BCUT2D eigenvalue weighted by atomic mass is 33.1. The molecular formula is C10H20O5S2. The minimum absolute atomic E-state index is 0.0204. The van der Waals surface area contributed by atoms with Gasteiger partial charge < -0.3 is 9.47 Å². The molecule has 7 heteroatoms. The summed E-state index contributed by atoms with van der Waals surface area (Å²) in [5, 5.41) is 0. The smallest absolute Gasteiger partial charge is 0.308 e. The molecule has 0 N–H and O–H groups in total. The third-order valence-corrected chi connectivity index (χ3v) is 5.42. The molecule has 0 amide bonds. The number of hydrogen-bond donors (Lipinski definition) is 0.